The maximum Gasteiger partial charge on any atom is 0.0457 e. The molecule has 0 radical (unpaired) electrons. The monoisotopic (exact) mass is 238 g/mol. The molecule has 1 unspecified atom stereocenters. The van der Waals surface area contributed by atoms with E-state index in [9.17, 15) is 0 Å². The van der Waals surface area contributed by atoms with Crippen molar-refractivity contribution in [1.29, 1.82) is 0 Å². The maximum absolute atomic E-state index is 6.24. The highest BCUT2D eigenvalue weighted by Crippen LogP contribution is 2.28. The van der Waals surface area contributed by atoms with Crippen molar-refractivity contribution in [2.24, 2.45) is 11.7 Å². The molecule has 2 nitrogen and oxygen atoms in total. The largest absolute Gasteiger partial charge is 0.361 e. The van der Waals surface area contributed by atoms with Crippen LogP contribution in [-0.4, -0.2) is 4.98 Å². The molecule has 0 saturated heterocycles. The van der Waals surface area contributed by atoms with E-state index in [1.54, 1.807) is 0 Å². The Bertz CT molecular complexity index is 450. The molecule has 0 aliphatic heterocycles. The summed E-state index contributed by atoms with van der Waals surface area (Å²) < 4.78 is 0. The van der Waals surface area contributed by atoms with Crippen LogP contribution < -0.4 is 5.73 Å². The lowest BCUT2D eigenvalue weighted by atomic mass is 9.93. The molecule has 16 heavy (non-hydrogen) atoms. The lowest BCUT2D eigenvalue weighted by molar-refractivity contribution is 0.459. The van der Waals surface area contributed by atoms with Crippen molar-refractivity contribution in [3.05, 3.63) is 36.0 Å². The lowest BCUT2D eigenvalue weighted by Gasteiger charge is -2.17. The van der Waals surface area contributed by atoms with E-state index < -0.39 is 0 Å². The molecule has 3 heteroatoms. The fourth-order valence-electron chi connectivity index (χ4n) is 1.93. The zero-order valence-electron chi connectivity index (χ0n) is 9.73. The Labute approximate surface area is 103 Å². The van der Waals surface area contributed by atoms with Crippen molar-refractivity contribution in [3.8, 4) is 0 Å². The molecule has 1 heterocycles. The van der Waals surface area contributed by atoms with Crippen molar-refractivity contribution in [2.45, 2.75) is 26.3 Å². The first-order valence-corrected chi connectivity index (χ1v) is 5.55. The molecule has 3 N–H and O–H groups in total. The summed E-state index contributed by atoms with van der Waals surface area (Å²) in [5.74, 6) is 0.518. The summed E-state index contributed by atoms with van der Waals surface area (Å²) in [6.07, 6.45) is 3.15. The van der Waals surface area contributed by atoms with Gasteiger partial charge in [-0.15, -0.1) is 12.4 Å². The van der Waals surface area contributed by atoms with Crippen molar-refractivity contribution in [1.82, 2.24) is 4.98 Å². The quantitative estimate of drug-likeness (QED) is 0.843. The Hall–Kier alpha value is -0.990. The molecular formula is C13H19ClN2. The third-order valence-corrected chi connectivity index (χ3v) is 3.24. The van der Waals surface area contributed by atoms with Crippen molar-refractivity contribution < 1.29 is 0 Å². The van der Waals surface area contributed by atoms with Gasteiger partial charge in [0.1, 0.15) is 0 Å². The van der Waals surface area contributed by atoms with E-state index in [4.69, 9.17) is 5.73 Å². The van der Waals surface area contributed by atoms with E-state index in [-0.39, 0.29) is 18.4 Å². The van der Waals surface area contributed by atoms with Gasteiger partial charge in [0, 0.05) is 23.1 Å². The van der Waals surface area contributed by atoms with Crippen LogP contribution in [0.1, 0.15) is 31.9 Å². The molecule has 0 saturated carbocycles. The predicted molar refractivity (Wildman–Crippen MR) is 71.9 cm³/mol. The van der Waals surface area contributed by atoms with Gasteiger partial charge in [0.25, 0.3) is 0 Å². The molecule has 1 aromatic heterocycles. The number of hydrogen-bond acceptors (Lipinski definition) is 1. The van der Waals surface area contributed by atoms with Gasteiger partial charge in [-0.25, -0.2) is 0 Å². The number of para-hydroxylation sites is 1. The van der Waals surface area contributed by atoms with Gasteiger partial charge in [0.05, 0.1) is 0 Å². The molecule has 0 fully saturated rings. The van der Waals surface area contributed by atoms with Crippen LogP contribution in [0.5, 0.6) is 0 Å². The summed E-state index contributed by atoms with van der Waals surface area (Å²) in [7, 11) is 0. The second kappa shape index (κ2) is 5.37. The van der Waals surface area contributed by atoms with Gasteiger partial charge in [-0.2, -0.15) is 0 Å². The van der Waals surface area contributed by atoms with Crippen LogP contribution in [0.4, 0.5) is 0 Å². The summed E-state index contributed by atoms with van der Waals surface area (Å²) in [4.78, 5) is 3.27. The Morgan fingerprint density at radius 1 is 1.31 bits per heavy atom. The van der Waals surface area contributed by atoms with E-state index in [1.165, 1.54) is 16.5 Å². The number of H-pyrrole nitrogens is 1. The van der Waals surface area contributed by atoms with E-state index in [1.807, 2.05) is 12.3 Å². The summed E-state index contributed by atoms with van der Waals surface area (Å²) in [6.45, 7) is 4.38. The first kappa shape index (κ1) is 13.1. The number of aromatic nitrogens is 1. The number of hydrogen-bond donors (Lipinski definition) is 2. The summed E-state index contributed by atoms with van der Waals surface area (Å²) in [5.41, 5.74) is 8.65. The van der Waals surface area contributed by atoms with Crippen LogP contribution in [0.3, 0.4) is 0 Å². The molecule has 2 atom stereocenters. The molecule has 0 bridgehead atoms. The van der Waals surface area contributed by atoms with Crippen LogP contribution in [-0.2, 0) is 0 Å². The number of benzene rings is 1. The Morgan fingerprint density at radius 2 is 2.00 bits per heavy atom. The van der Waals surface area contributed by atoms with Gasteiger partial charge >= 0.3 is 0 Å². The number of rotatable bonds is 3. The highest BCUT2D eigenvalue weighted by atomic mass is 35.5. The number of fused-ring (bicyclic) bond motifs is 1. The molecule has 2 aromatic rings. The second-order valence-electron chi connectivity index (χ2n) is 4.20. The van der Waals surface area contributed by atoms with Crippen molar-refractivity contribution in [2.75, 3.05) is 0 Å². The van der Waals surface area contributed by atoms with E-state index in [0.29, 0.717) is 5.92 Å². The molecular weight excluding hydrogens is 220 g/mol. The molecule has 0 aliphatic rings. The first-order chi connectivity index (χ1) is 7.24. The first-order valence-electron chi connectivity index (χ1n) is 5.55. The van der Waals surface area contributed by atoms with Crippen LogP contribution >= 0.6 is 12.4 Å². The van der Waals surface area contributed by atoms with Crippen molar-refractivity contribution >= 4 is 23.3 Å². The molecule has 1 aromatic carbocycles. The molecule has 88 valence electrons. The maximum atomic E-state index is 6.24. The van der Waals surface area contributed by atoms with Crippen LogP contribution in [0, 0.1) is 5.92 Å². The van der Waals surface area contributed by atoms with Gasteiger partial charge in [-0.3, -0.25) is 0 Å². The summed E-state index contributed by atoms with van der Waals surface area (Å²) in [6, 6.07) is 8.44. The average Bonchev–Trinajstić information content (AvgIpc) is 2.70. The minimum absolute atomic E-state index is 0. The van der Waals surface area contributed by atoms with Crippen LogP contribution in [0.2, 0.25) is 0 Å². The zero-order chi connectivity index (χ0) is 10.8. The molecule has 0 amide bonds. The third kappa shape index (κ3) is 2.23. The second-order valence-corrected chi connectivity index (χ2v) is 4.20. The Morgan fingerprint density at radius 3 is 2.69 bits per heavy atom. The molecule has 0 spiro atoms. The van der Waals surface area contributed by atoms with E-state index in [2.05, 4.69) is 37.0 Å². The number of aromatic amines is 1. The van der Waals surface area contributed by atoms with E-state index in [0.717, 1.165) is 6.42 Å². The topological polar surface area (TPSA) is 41.8 Å². The molecule has 0 aliphatic carbocycles. The smallest absolute Gasteiger partial charge is 0.0457 e. The summed E-state index contributed by atoms with van der Waals surface area (Å²) >= 11 is 0. The van der Waals surface area contributed by atoms with E-state index >= 15 is 0 Å². The fourth-order valence-corrected chi connectivity index (χ4v) is 1.93. The average molecular weight is 239 g/mol. The van der Waals surface area contributed by atoms with Crippen molar-refractivity contribution in [3.63, 3.8) is 0 Å². The van der Waals surface area contributed by atoms with Gasteiger partial charge in [0.15, 0.2) is 0 Å². The SMILES string of the molecule is CCC(C)[C@H](N)c1c[nH]c2ccccc12.Cl. The van der Waals surface area contributed by atoms with Gasteiger partial charge in [-0.1, -0.05) is 38.5 Å². The minimum atomic E-state index is 0. The number of nitrogens with two attached hydrogens (primary N) is 1. The highest BCUT2D eigenvalue weighted by molar-refractivity contribution is 5.85. The lowest BCUT2D eigenvalue weighted by Crippen LogP contribution is -2.18. The van der Waals surface area contributed by atoms with Crippen LogP contribution in [0.25, 0.3) is 10.9 Å². The number of halogens is 1. The van der Waals surface area contributed by atoms with Gasteiger partial charge in [-0.05, 0) is 17.5 Å². The predicted octanol–water partition coefficient (Wildman–Crippen LogP) is 3.64. The van der Waals surface area contributed by atoms with Gasteiger partial charge < -0.3 is 10.7 Å². The standard InChI is InChI=1S/C13H18N2.ClH/c1-3-9(2)13(14)11-8-15-12-7-5-4-6-10(11)12;/h4-9,13,15H,3,14H2,1-2H3;1H/t9?,13-;/m0./s1. The Kier molecular flexibility index (Phi) is 4.39. The fraction of sp³-hybridized carbons (Fsp3) is 0.385. The zero-order valence-corrected chi connectivity index (χ0v) is 10.6. The van der Waals surface area contributed by atoms with Gasteiger partial charge in [0.2, 0.25) is 0 Å². The normalized spacial score (nSPS) is 14.4. The van der Waals surface area contributed by atoms with Crippen LogP contribution in [0.15, 0.2) is 30.5 Å². The minimum Gasteiger partial charge on any atom is -0.361 e. The summed E-state index contributed by atoms with van der Waals surface area (Å²) in [5, 5.41) is 1.25. The molecule has 2 rings (SSSR count). The third-order valence-electron chi connectivity index (χ3n) is 3.24. The Balaban J connectivity index is 0.00000128. The number of nitrogens with one attached hydrogen (secondary N) is 1. The highest BCUT2D eigenvalue weighted by Gasteiger charge is 2.16.